The highest BCUT2D eigenvalue weighted by atomic mass is 35.5. The molecule has 0 fully saturated rings. The molecular weight excluding hydrogens is 410 g/mol. The molecule has 0 aromatic heterocycles. The fourth-order valence-electron chi connectivity index (χ4n) is 4.17. The molecule has 1 aliphatic heterocycles. The van der Waals surface area contributed by atoms with Crippen LogP contribution in [0.4, 0.5) is 5.69 Å². The number of halogens is 1. The first-order valence-corrected chi connectivity index (χ1v) is 10.8. The third-order valence-electron chi connectivity index (χ3n) is 5.45. The number of aldehydes is 1. The van der Waals surface area contributed by atoms with Crippen LogP contribution < -0.4 is 4.90 Å². The molecule has 4 rings (SSSR count). The summed E-state index contributed by atoms with van der Waals surface area (Å²) < 4.78 is 6.40. The van der Waals surface area contributed by atoms with Gasteiger partial charge >= 0.3 is 0 Å². The number of ether oxygens (including phenoxy) is 1. The Balaban J connectivity index is 1.96. The summed E-state index contributed by atoms with van der Waals surface area (Å²) in [6, 6.07) is 19.7. The molecule has 160 valence electrons. The second kappa shape index (κ2) is 8.45. The summed E-state index contributed by atoms with van der Waals surface area (Å²) >= 11 is 6.40. The third kappa shape index (κ3) is 4.36. The second-order valence-corrected chi connectivity index (χ2v) is 9.60. The van der Waals surface area contributed by atoms with Gasteiger partial charge in [0.25, 0.3) is 5.91 Å². The summed E-state index contributed by atoms with van der Waals surface area (Å²) in [6.45, 7) is 6.75. The van der Waals surface area contributed by atoms with Crippen LogP contribution in [0.15, 0.2) is 60.7 Å². The molecule has 0 aliphatic carbocycles. The van der Waals surface area contributed by atoms with Crippen molar-refractivity contribution in [1.82, 2.24) is 0 Å². The number of amides is 1. The van der Waals surface area contributed by atoms with E-state index >= 15 is 0 Å². The molecule has 1 amide bonds. The van der Waals surface area contributed by atoms with Crippen LogP contribution in [0.2, 0.25) is 5.02 Å². The van der Waals surface area contributed by atoms with E-state index in [9.17, 15) is 9.59 Å². The molecule has 2 atom stereocenters. The van der Waals surface area contributed by atoms with Crippen LogP contribution in [0.1, 0.15) is 44.4 Å². The van der Waals surface area contributed by atoms with Crippen LogP contribution in [0.25, 0.3) is 10.8 Å². The molecule has 4 nitrogen and oxygen atoms in total. The number of anilines is 1. The van der Waals surface area contributed by atoms with Crippen molar-refractivity contribution < 1.29 is 14.3 Å². The Morgan fingerprint density at radius 3 is 2.52 bits per heavy atom. The maximum atomic E-state index is 13.5. The smallest absolute Gasteiger partial charge is 0.256 e. The van der Waals surface area contributed by atoms with E-state index in [1.165, 1.54) is 0 Å². The Bertz CT molecular complexity index is 1130. The van der Waals surface area contributed by atoms with E-state index in [2.05, 4.69) is 20.8 Å². The summed E-state index contributed by atoms with van der Waals surface area (Å²) in [7, 11) is 0. The van der Waals surface area contributed by atoms with E-state index in [4.69, 9.17) is 16.3 Å². The normalized spacial score (nSPS) is 19.2. The molecule has 3 aromatic rings. The zero-order valence-corrected chi connectivity index (χ0v) is 18.7. The largest absolute Gasteiger partial charge is 0.355 e. The third-order valence-corrected chi connectivity index (χ3v) is 5.69. The molecule has 0 unspecified atom stereocenters. The van der Waals surface area contributed by atoms with Gasteiger partial charge in [0, 0.05) is 29.2 Å². The van der Waals surface area contributed by atoms with E-state index < -0.39 is 12.2 Å². The maximum absolute atomic E-state index is 13.5. The topological polar surface area (TPSA) is 46.6 Å². The molecule has 0 radical (unpaired) electrons. The number of hydrogen-bond donors (Lipinski definition) is 0. The lowest BCUT2D eigenvalue weighted by Crippen LogP contribution is -2.43. The fourth-order valence-corrected chi connectivity index (χ4v) is 4.35. The van der Waals surface area contributed by atoms with E-state index in [1.807, 2.05) is 54.6 Å². The van der Waals surface area contributed by atoms with Crippen LogP contribution in [-0.2, 0) is 14.3 Å². The van der Waals surface area contributed by atoms with E-state index in [0.717, 1.165) is 33.9 Å². The average Bonchev–Trinajstić information content (AvgIpc) is 2.83. The van der Waals surface area contributed by atoms with Crippen molar-refractivity contribution in [3.05, 3.63) is 76.8 Å². The van der Waals surface area contributed by atoms with Crippen LogP contribution >= 0.6 is 11.6 Å². The Labute approximate surface area is 187 Å². The minimum atomic E-state index is -0.866. The van der Waals surface area contributed by atoms with Gasteiger partial charge in [-0.2, -0.15) is 0 Å². The number of carbonyl (C=O) groups is 2. The van der Waals surface area contributed by atoms with Crippen molar-refractivity contribution in [3.63, 3.8) is 0 Å². The van der Waals surface area contributed by atoms with Gasteiger partial charge in [-0.25, -0.2) is 0 Å². The van der Waals surface area contributed by atoms with Gasteiger partial charge in [0.1, 0.15) is 18.5 Å². The SMILES string of the molecule is CC(C)(C)CN1C(=O)[C@H](CC=O)O[C@@H](c2cccc3ccccc23)c2cc(Cl)ccc21. The highest BCUT2D eigenvalue weighted by Gasteiger charge is 2.38. The minimum Gasteiger partial charge on any atom is -0.355 e. The lowest BCUT2D eigenvalue weighted by molar-refractivity contribution is -0.134. The fraction of sp³-hybridized carbons (Fsp3) is 0.308. The molecule has 0 spiro atoms. The first-order chi connectivity index (χ1) is 14.8. The van der Waals surface area contributed by atoms with Crippen LogP contribution in [0.5, 0.6) is 0 Å². The lowest BCUT2D eigenvalue weighted by atomic mass is 9.93. The number of hydrogen-bond acceptors (Lipinski definition) is 3. The van der Waals surface area contributed by atoms with Gasteiger partial charge < -0.3 is 14.4 Å². The number of fused-ring (bicyclic) bond motifs is 2. The van der Waals surface area contributed by atoms with Crippen molar-refractivity contribution in [2.75, 3.05) is 11.4 Å². The van der Waals surface area contributed by atoms with Crippen molar-refractivity contribution in [2.24, 2.45) is 5.41 Å². The quantitative estimate of drug-likeness (QED) is 0.476. The van der Waals surface area contributed by atoms with Gasteiger partial charge in [-0.3, -0.25) is 4.79 Å². The van der Waals surface area contributed by atoms with Crippen LogP contribution in [0, 0.1) is 5.41 Å². The molecule has 1 heterocycles. The number of carbonyl (C=O) groups excluding carboxylic acids is 2. The monoisotopic (exact) mass is 435 g/mol. The Hall–Kier alpha value is -2.69. The van der Waals surface area contributed by atoms with Gasteiger partial charge in [-0.05, 0) is 39.9 Å². The van der Waals surface area contributed by atoms with E-state index in [0.29, 0.717) is 11.6 Å². The molecule has 0 N–H and O–H groups in total. The van der Waals surface area contributed by atoms with Gasteiger partial charge in [-0.1, -0.05) is 74.8 Å². The maximum Gasteiger partial charge on any atom is 0.256 e. The Morgan fingerprint density at radius 1 is 1.03 bits per heavy atom. The van der Waals surface area contributed by atoms with Gasteiger partial charge in [0.2, 0.25) is 0 Å². The number of nitrogens with zero attached hydrogens (tertiary/aromatic N) is 1. The Morgan fingerprint density at radius 2 is 1.77 bits per heavy atom. The van der Waals surface area contributed by atoms with Crippen LogP contribution in [-0.4, -0.2) is 24.8 Å². The van der Waals surface area contributed by atoms with Crippen molar-refractivity contribution in [2.45, 2.75) is 39.4 Å². The van der Waals surface area contributed by atoms with E-state index in [-0.39, 0.29) is 17.7 Å². The van der Waals surface area contributed by atoms with E-state index in [1.54, 1.807) is 11.0 Å². The van der Waals surface area contributed by atoms with Gasteiger partial charge in [0.15, 0.2) is 0 Å². The summed E-state index contributed by atoms with van der Waals surface area (Å²) in [5, 5.41) is 2.70. The molecule has 0 saturated heterocycles. The number of benzene rings is 3. The highest BCUT2D eigenvalue weighted by molar-refractivity contribution is 6.30. The zero-order valence-electron chi connectivity index (χ0n) is 18.0. The second-order valence-electron chi connectivity index (χ2n) is 9.16. The first kappa shape index (κ1) is 21.5. The van der Waals surface area contributed by atoms with Crippen LogP contribution in [0.3, 0.4) is 0 Å². The molecule has 0 bridgehead atoms. The average molecular weight is 436 g/mol. The molecular formula is C26H26ClNO3. The zero-order chi connectivity index (χ0) is 22.2. The summed E-state index contributed by atoms with van der Waals surface area (Å²) in [5.41, 5.74) is 2.41. The lowest BCUT2D eigenvalue weighted by Gasteiger charge is -2.31. The van der Waals surface area contributed by atoms with Gasteiger partial charge in [-0.15, -0.1) is 0 Å². The Kier molecular flexibility index (Phi) is 5.87. The summed E-state index contributed by atoms with van der Waals surface area (Å²) in [4.78, 5) is 26.7. The molecule has 31 heavy (non-hydrogen) atoms. The van der Waals surface area contributed by atoms with Crippen molar-refractivity contribution in [1.29, 1.82) is 0 Å². The van der Waals surface area contributed by atoms with Gasteiger partial charge in [0.05, 0.1) is 0 Å². The molecule has 5 heteroatoms. The molecule has 1 aliphatic rings. The van der Waals surface area contributed by atoms with Crippen molar-refractivity contribution >= 4 is 40.3 Å². The molecule has 3 aromatic carbocycles. The standard InChI is InChI=1S/C26H26ClNO3/c1-26(2,3)16-28-22-12-11-18(27)15-21(22)24(31-23(13-14-29)25(28)30)20-10-6-8-17-7-4-5-9-19(17)20/h4-12,14-15,23-24H,13,16H2,1-3H3/t23-,24-/m0/s1. The highest BCUT2D eigenvalue weighted by Crippen LogP contribution is 2.42. The molecule has 0 saturated carbocycles. The first-order valence-electron chi connectivity index (χ1n) is 10.5. The summed E-state index contributed by atoms with van der Waals surface area (Å²) in [5.74, 6) is -0.201. The summed E-state index contributed by atoms with van der Waals surface area (Å²) in [6.07, 6.45) is -0.641. The minimum absolute atomic E-state index is 0.00244. The predicted molar refractivity (Wildman–Crippen MR) is 125 cm³/mol. The number of rotatable bonds is 4. The predicted octanol–water partition coefficient (Wildman–Crippen LogP) is 5.95. The van der Waals surface area contributed by atoms with Crippen molar-refractivity contribution in [3.8, 4) is 0 Å².